The van der Waals surface area contributed by atoms with Crippen LogP contribution < -0.4 is 11.1 Å². The standard InChI is InChI=1S/C16H32N2O2/c1-3-13(4-2)14(19)11-18-15(20)10-16(12-17)8-6-5-7-9-16/h13-14,19H,3-12,17H2,1-2H3,(H,18,20). The van der Waals surface area contributed by atoms with Crippen molar-refractivity contribution in [3.63, 3.8) is 0 Å². The van der Waals surface area contributed by atoms with Gasteiger partial charge in [-0.05, 0) is 30.7 Å². The van der Waals surface area contributed by atoms with Crippen molar-refractivity contribution in [1.29, 1.82) is 0 Å². The molecule has 20 heavy (non-hydrogen) atoms. The second kappa shape index (κ2) is 8.63. The van der Waals surface area contributed by atoms with Crippen LogP contribution in [0, 0.1) is 11.3 Å². The Morgan fingerprint density at radius 2 is 1.85 bits per heavy atom. The minimum absolute atomic E-state index is 0.00218. The molecule has 0 bridgehead atoms. The molecule has 4 nitrogen and oxygen atoms in total. The number of carbonyl (C=O) groups excluding carboxylic acids is 1. The lowest BCUT2D eigenvalue weighted by Gasteiger charge is -2.35. The highest BCUT2D eigenvalue weighted by molar-refractivity contribution is 5.76. The molecule has 118 valence electrons. The van der Waals surface area contributed by atoms with Crippen LogP contribution in [0.1, 0.15) is 65.2 Å². The van der Waals surface area contributed by atoms with E-state index in [1.165, 1.54) is 19.3 Å². The second-order valence-corrected chi connectivity index (χ2v) is 6.39. The lowest BCUT2D eigenvalue weighted by Crippen LogP contribution is -2.41. The van der Waals surface area contributed by atoms with Crippen molar-refractivity contribution < 1.29 is 9.90 Å². The van der Waals surface area contributed by atoms with Gasteiger partial charge in [-0.15, -0.1) is 0 Å². The van der Waals surface area contributed by atoms with Gasteiger partial charge in [0.1, 0.15) is 0 Å². The molecule has 1 unspecified atom stereocenters. The molecule has 4 N–H and O–H groups in total. The number of nitrogens with two attached hydrogens (primary N) is 1. The Hall–Kier alpha value is -0.610. The maximum Gasteiger partial charge on any atom is 0.220 e. The summed E-state index contributed by atoms with van der Waals surface area (Å²) in [5.74, 6) is 0.316. The summed E-state index contributed by atoms with van der Waals surface area (Å²) in [6.07, 6.45) is 7.71. The van der Waals surface area contributed by atoms with E-state index in [2.05, 4.69) is 19.2 Å². The maximum atomic E-state index is 12.1. The molecular weight excluding hydrogens is 252 g/mol. The topological polar surface area (TPSA) is 75.3 Å². The van der Waals surface area contributed by atoms with Crippen LogP contribution in [-0.4, -0.2) is 30.2 Å². The summed E-state index contributed by atoms with van der Waals surface area (Å²) in [6.45, 7) is 5.11. The molecule has 0 aromatic carbocycles. The molecule has 1 amide bonds. The Kier molecular flexibility index (Phi) is 7.52. The average Bonchev–Trinajstić information content (AvgIpc) is 2.47. The van der Waals surface area contributed by atoms with Crippen LogP contribution in [0.2, 0.25) is 0 Å². The van der Waals surface area contributed by atoms with Crippen molar-refractivity contribution in [1.82, 2.24) is 5.32 Å². The van der Waals surface area contributed by atoms with E-state index in [4.69, 9.17) is 5.73 Å². The van der Waals surface area contributed by atoms with Gasteiger partial charge in [-0.25, -0.2) is 0 Å². The van der Waals surface area contributed by atoms with Crippen molar-refractivity contribution in [2.24, 2.45) is 17.1 Å². The number of aliphatic hydroxyl groups excluding tert-OH is 1. The summed E-state index contributed by atoms with van der Waals surface area (Å²) in [5, 5.41) is 12.9. The van der Waals surface area contributed by atoms with Crippen molar-refractivity contribution >= 4 is 5.91 Å². The fraction of sp³-hybridized carbons (Fsp3) is 0.938. The van der Waals surface area contributed by atoms with Crippen LogP contribution >= 0.6 is 0 Å². The first kappa shape index (κ1) is 17.4. The molecule has 0 aromatic heterocycles. The average molecular weight is 284 g/mol. The number of carbonyl (C=O) groups is 1. The first-order valence-corrected chi connectivity index (χ1v) is 8.21. The number of hydrogen-bond acceptors (Lipinski definition) is 3. The van der Waals surface area contributed by atoms with Gasteiger partial charge in [-0.1, -0.05) is 46.0 Å². The summed E-state index contributed by atoms with van der Waals surface area (Å²) in [4.78, 5) is 12.1. The number of nitrogens with one attached hydrogen (secondary N) is 1. The van der Waals surface area contributed by atoms with E-state index in [9.17, 15) is 9.90 Å². The van der Waals surface area contributed by atoms with Crippen LogP contribution in [-0.2, 0) is 4.79 Å². The van der Waals surface area contributed by atoms with Crippen LogP contribution in [0.5, 0.6) is 0 Å². The van der Waals surface area contributed by atoms with Crippen molar-refractivity contribution in [2.45, 2.75) is 71.3 Å². The third-order valence-electron chi connectivity index (χ3n) is 4.98. The summed E-state index contributed by atoms with van der Waals surface area (Å²) in [5.41, 5.74) is 5.91. The Balaban J connectivity index is 2.38. The molecule has 1 saturated carbocycles. The largest absolute Gasteiger partial charge is 0.391 e. The minimum atomic E-state index is -0.436. The van der Waals surface area contributed by atoms with Crippen LogP contribution in [0.4, 0.5) is 0 Å². The van der Waals surface area contributed by atoms with Crippen molar-refractivity contribution in [2.75, 3.05) is 13.1 Å². The van der Waals surface area contributed by atoms with Gasteiger partial charge in [0.2, 0.25) is 5.91 Å². The molecule has 1 aliphatic carbocycles. The van der Waals surface area contributed by atoms with Gasteiger partial charge in [0.15, 0.2) is 0 Å². The number of amides is 1. The molecule has 0 heterocycles. The van der Waals surface area contributed by atoms with E-state index in [0.29, 0.717) is 19.5 Å². The first-order chi connectivity index (χ1) is 9.56. The number of rotatable bonds is 8. The Bertz CT molecular complexity index is 284. The fourth-order valence-electron chi connectivity index (χ4n) is 3.38. The van der Waals surface area contributed by atoms with Gasteiger partial charge in [-0.2, -0.15) is 0 Å². The van der Waals surface area contributed by atoms with Gasteiger partial charge in [0.05, 0.1) is 6.10 Å². The lowest BCUT2D eigenvalue weighted by atomic mass is 9.71. The normalized spacial score (nSPS) is 19.9. The SMILES string of the molecule is CCC(CC)C(O)CNC(=O)CC1(CN)CCCCC1. The minimum Gasteiger partial charge on any atom is -0.391 e. The van der Waals surface area contributed by atoms with E-state index in [-0.39, 0.29) is 17.2 Å². The highest BCUT2D eigenvalue weighted by Crippen LogP contribution is 2.38. The number of aliphatic hydroxyl groups is 1. The molecule has 0 spiro atoms. The van der Waals surface area contributed by atoms with E-state index < -0.39 is 6.10 Å². The fourth-order valence-corrected chi connectivity index (χ4v) is 3.38. The van der Waals surface area contributed by atoms with E-state index in [1.54, 1.807) is 0 Å². The highest BCUT2D eigenvalue weighted by Gasteiger charge is 2.33. The third-order valence-corrected chi connectivity index (χ3v) is 4.98. The van der Waals surface area contributed by atoms with Gasteiger partial charge in [-0.3, -0.25) is 4.79 Å². The first-order valence-electron chi connectivity index (χ1n) is 8.21. The van der Waals surface area contributed by atoms with E-state index in [1.807, 2.05) is 0 Å². The zero-order valence-corrected chi connectivity index (χ0v) is 13.2. The molecule has 4 heteroatoms. The molecule has 1 rings (SSSR count). The Morgan fingerprint density at radius 1 is 1.25 bits per heavy atom. The second-order valence-electron chi connectivity index (χ2n) is 6.39. The Labute approximate surface area is 123 Å². The highest BCUT2D eigenvalue weighted by atomic mass is 16.3. The summed E-state index contributed by atoms with van der Waals surface area (Å²) in [7, 11) is 0. The molecular formula is C16H32N2O2. The molecule has 1 fully saturated rings. The zero-order chi connectivity index (χ0) is 15.0. The summed E-state index contributed by atoms with van der Waals surface area (Å²) < 4.78 is 0. The van der Waals surface area contributed by atoms with Gasteiger partial charge in [0.25, 0.3) is 0 Å². The molecule has 0 aromatic rings. The van der Waals surface area contributed by atoms with Crippen molar-refractivity contribution in [3.05, 3.63) is 0 Å². The van der Waals surface area contributed by atoms with Gasteiger partial charge in [0, 0.05) is 13.0 Å². The van der Waals surface area contributed by atoms with Crippen LogP contribution in [0.15, 0.2) is 0 Å². The smallest absolute Gasteiger partial charge is 0.220 e. The van der Waals surface area contributed by atoms with E-state index >= 15 is 0 Å². The lowest BCUT2D eigenvalue weighted by molar-refractivity contribution is -0.124. The van der Waals surface area contributed by atoms with Crippen molar-refractivity contribution in [3.8, 4) is 0 Å². The van der Waals surface area contributed by atoms with E-state index in [0.717, 1.165) is 25.7 Å². The van der Waals surface area contributed by atoms with Crippen LogP contribution in [0.3, 0.4) is 0 Å². The molecule has 0 saturated heterocycles. The zero-order valence-electron chi connectivity index (χ0n) is 13.2. The monoisotopic (exact) mass is 284 g/mol. The van der Waals surface area contributed by atoms with Gasteiger partial charge < -0.3 is 16.2 Å². The quantitative estimate of drug-likeness (QED) is 0.639. The molecule has 1 aliphatic rings. The molecule has 0 radical (unpaired) electrons. The maximum absolute atomic E-state index is 12.1. The third kappa shape index (κ3) is 5.06. The summed E-state index contributed by atoms with van der Waals surface area (Å²) in [6, 6.07) is 0. The predicted molar refractivity (Wildman–Crippen MR) is 82.3 cm³/mol. The molecule has 1 atom stereocenters. The molecule has 0 aliphatic heterocycles. The van der Waals surface area contributed by atoms with Gasteiger partial charge >= 0.3 is 0 Å². The number of hydrogen-bond donors (Lipinski definition) is 3. The predicted octanol–water partition coefficient (Wildman–Crippen LogP) is 2.20. The van der Waals surface area contributed by atoms with Crippen LogP contribution in [0.25, 0.3) is 0 Å². The summed E-state index contributed by atoms with van der Waals surface area (Å²) >= 11 is 0. The Morgan fingerprint density at radius 3 is 2.35 bits per heavy atom.